The highest BCUT2D eigenvalue weighted by Crippen LogP contribution is 2.62. The highest BCUT2D eigenvalue weighted by molar-refractivity contribution is 5.60. The number of rotatable bonds is 1. The fourth-order valence-electron chi connectivity index (χ4n) is 6.20. The summed E-state index contributed by atoms with van der Waals surface area (Å²) < 4.78 is 0. The summed E-state index contributed by atoms with van der Waals surface area (Å²) in [6.45, 7) is 7.08. The Balaban J connectivity index is 1.73. The van der Waals surface area contributed by atoms with E-state index in [2.05, 4.69) is 19.9 Å². The van der Waals surface area contributed by atoms with Crippen LogP contribution in [0.1, 0.15) is 75.5 Å². The van der Waals surface area contributed by atoms with E-state index in [1.165, 1.54) is 37.7 Å². The average Bonchev–Trinajstić information content (AvgIpc) is 2.84. The van der Waals surface area contributed by atoms with Crippen molar-refractivity contribution in [2.75, 3.05) is 0 Å². The summed E-state index contributed by atoms with van der Waals surface area (Å²) in [5, 5.41) is 10.3. The van der Waals surface area contributed by atoms with Crippen LogP contribution in [0.15, 0.2) is 18.2 Å². The van der Waals surface area contributed by atoms with Gasteiger partial charge in [0, 0.05) is 5.56 Å². The van der Waals surface area contributed by atoms with Crippen LogP contribution in [0, 0.1) is 23.2 Å². The third-order valence-electron chi connectivity index (χ3n) is 7.69. The summed E-state index contributed by atoms with van der Waals surface area (Å²) in [5.41, 5.74) is 4.54. The van der Waals surface area contributed by atoms with Gasteiger partial charge in [-0.25, -0.2) is 0 Å². The molecule has 0 heterocycles. The molecule has 0 radical (unpaired) electrons. The number of fused-ring (bicyclic) bond motifs is 5. The Morgan fingerprint density at radius 2 is 2.00 bits per heavy atom. The zero-order chi connectivity index (χ0) is 16.2. The van der Waals surface area contributed by atoms with Crippen LogP contribution in [-0.4, -0.2) is 5.11 Å². The van der Waals surface area contributed by atoms with E-state index in [1.807, 2.05) is 25.1 Å². The second-order valence-corrected chi connectivity index (χ2v) is 8.55. The molecule has 0 aliphatic heterocycles. The number of phenols is 1. The van der Waals surface area contributed by atoms with Crippen LogP contribution in [0.5, 0.6) is 5.75 Å². The molecule has 4 unspecified atom stereocenters. The maximum atomic E-state index is 10.3. The molecule has 4 rings (SSSR count). The summed E-state index contributed by atoms with van der Waals surface area (Å²) in [4.78, 5) is 0. The van der Waals surface area contributed by atoms with E-state index in [1.54, 1.807) is 5.56 Å². The molecule has 0 aromatic heterocycles. The van der Waals surface area contributed by atoms with Crippen LogP contribution in [0.2, 0.25) is 0 Å². The predicted octanol–water partition coefficient (Wildman–Crippen LogP) is 5.92. The van der Waals surface area contributed by atoms with Crippen molar-refractivity contribution in [3.8, 4) is 5.75 Å². The fourth-order valence-corrected chi connectivity index (χ4v) is 6.20. The van der Waals surface area contributed by atoms with Crippen molar-refractivity contribution in [1.82, 2.24) is 0 Å². The molecule has 0 spiro atoms. The molecule has 1 nitrogen and oxygen atoms in total. The second kappa shape index (κ2) is 5.40. The van der Waals surface area contributed by atoms with Gasteiger partial charge in [-0.2, -0.15) is 0 Å². The lowest BCUT2D eigenvalue weighted by Gasteiger charge is -2.50. The summed E-state index contributed by atoms with van der Waals surface area (Å²) in [6.07, 6.45) is 12.1. The molecule has 1 heteroatoms. The van der Waals surface area contributed by atoms with Gasteiger partial charge in [0.1, 0.15) is 5.75 Å². The van der Waals surface area contributed by atoms with Gasteiger partial charge in [-0.05, 0) is 97.8 Å². The van der Waals surface area contributed by atoms with E-state index in [0.717, 1.165) is 35.7 Å². The molecule has 3 aliphatic carbocycles. The predicted molar refractivity (Wildman–Crippen MR) is 96.6 cm³/mol. The Labute approximate surface area is 140 Å². The minimum atomic E-state index is 0.454. The monoisotopic (exact) mass is 310 g/mol. The van der Waals surface area contributed by atoms with Gasteiger partial charge in [0.15, 0.2) is 0 Å². The zero-order valence-electron chi connectivity index (χ0n) is 14.8. The van der Waals surface area contributed by atoms with E-state index < -0.39 is 0 Å². The number of allylic oxidation sites excluding steroid dienone is 1. The quantitative estimate of drug-likeness (QED) is 0.683. The van der Waals surface area contributed by atoms with Crippen molar-refractivity contribution in [2.24, 2.45) is 23.2 Å². The van der Waals surface area contributed by atoms with E-state index >= 15 is 0 Å². The highest BCUT2D eigenvalue weighted by Gasteiger charge is 2.53. The minimum absolute atomic E-state index is 0.454. The molecule has 23 heavy (non-hydrogen) atoms. The summed E-state index contributed by atoms with van der Waals surface area (Å²) in [6, 6.07) is 4.34. The van der Waals surface area contributed by atoms with Gasteiger partial charge in [0.25, 0.3) is 0 Å². The van der Waals surface area contributed by atoms with Crippen LogP contribution in [0.25, 0.3) is 6.08 Å². The molecule has 2 saturated carbocycles. The summed E-state index contributed by atoms with van der Waals surface area (Å²) in [5.74, 6) is 3.87. The lowest BCUT2D eigenvalue weighted by Crippen LogP contribution is -2.41. The third kappa shape index (κ3) is 2.19. The first-order chi connectivity index (χ1) is 11.0. The van der Waals surface area contributed by atoms with E-state index in [4.69, 9.17) is 0 Å². The number of phenolic OH excluding ortho intramolecular Hbond substituents is 1. The van der Waals surface area contributed by atoms with Crippen molar-refractivity contribution in [3.05, 3.63) is 34.9 Å². The molecule has 5 atom stereocenters. The smallest absolute Gasteiger partial charge is 0.123 e. The van der Waals surface area contributed by atoms with Gasteiger partial charge in [0.2, 0.25) is 0 Å². The topological polar surface area (TPSA) is 20.2 Å². The Kier molecular flexibility index (Phi) is 3.59. The molecule has 124 valence electrons. The minimum Gasteiger partial charge on any atom is -0.507 e. The summed E-state index contributed by atoms with van der Waals surface area (Å²) >= 11 is 0. The lowest BCUT2D eigenvalue weighted by atomic mass is 9.54. The van der Waals surface area contributed by atoms with Crippen LogP contribution in [0.4, 0.5) is 0 Å². The van der Waals surface area contributed by atoms with Crippen LogP contribution >= 0.6 is 0 Å². The third-order valence-corrected chi connectivity index (χ3v) is 7.69. The fraction of sp³-hybridized carbons (Fsp3) is 0.636. The zero-order valence-corrected chi connectivity index (χ0v) is 14.8. The average molecular weight is 310 g/mol. The standard InChI is InChI=1S/C22H30O/c1-4-5-16-12-19-15(13-21(16)23)7-8-18-17(19)10-11-22(3)14(2)6-9-20(18)22/h4-5,12-14,17-18,20,23H,6-11H2,1-3H3/b5-4+/t14-,17?,18?,20?,22?/m0/s1. The Bertz CT molecular complexity index is 644. The second-order valence-electron chi connectivity index (χ2n) is 8.55. The number of benzene rings is 1. The van der Waals surface area contributed by atoms with Gasteiger partial charge in [0.05, 0.1) is 0 Å². The number of aromatic hydroxyl groups is 1. The first-order valence-corrected chi connectivity index (χ1v) is 9.53. The molecular weight excluding hydrogens is 280 g/mol. The van der Waals surface area contributed by atoms with Gasteiger partial charge >= 0.3 is 0 Å². The van der Waals surface area contributed by atoms with Crippen molar-refractivity contribution < 1.29 is 5.11 Å². The highest BCUT2D eigenvalue weighted by atomic mass is 16.3. The van der Waals surface area contributed by atoms with E-state index in [0.29, 0.717) is 11.2 Å². The van der Waals surface area contributed by atoms with Crippen molar-refractivity contribution in [1.29, 1.82) is 0 Å². The first kappa shape index (κ1) is 15.3. The van der Waals surface area contributed by atoms with E-state index in [-0.39, 0.29) is 0 Å². The van der Waals surface area contributed by atoms with Gasteiger partial charge < -0.3 is 5.11 Å². The van der Waals surface area contributed by atoms with Crippen molar-refractivity contribution in [3.63, 3.8) is 0 Å². The van der Waals surface area contributed by atoms with Crippen LogP contribution in [-0.2, 0) is 6.42 Å². The molecule has 0 amide bonds. The molecule has 0 bridgehead atoms. The Hall–Kier alpha value is -1.24. The maximum absolute atomic E-state index is 10.3. The van der Waals surface area contributed by atoms with Crippen LogP contribution < -0.4 is 0 Å². The molecule has 1 N–H and O–H groups in total. The first-order valence-electron chi connectivity index (χ1n) is 9.53. The lowest BCUT2D eigenvalue weighted by molar-refractivity contribution is 0.0336. The van der Waals surface area contributed by atoms with E-state index in [9.17, 15) is 5.11 Å². The SMILES string of the molecule is C/C=C/c1cc2c(cc1O)CCC1C2CCC2(C)C1CC[C@@H]2C. The largest absolute Gasteiger partial charge is 0.507 e. The van der Waals surface area contributed by atoms with Gasteiger partial charge in [-0.15, -0.1) is 0 Å². The molecular formula is C22H30O. The van der Waals surface area contributed by atoms with Gasteiger partial charge in [-0.3, -0.25) is 0 Å². The molecule has 3 aliphatic rings. The number of hydrogen-bond acceptors (Lipinski definition) is 1. The van der Waals surface area contributed by atoms with Gasteiger partial charge in [-0.1, -0.05) is 26.0 Å². The van der Waals surface area contributed by atoms with Crippen molar-refractivity contribution in [2.45, 2.75) is 65.2 Å². The summed E-state index contributed by atoms with van der Waals surface area (Å²) in [7, 11) is 0. The Morgan fingerprint density at radius 1 is 1.17 bits per heavy atom. The molecule has 1 aromatic carbocycles. The number of hydrogen-bond donors (Lipinski definition) is 1. The van der Waals surface area contributed by atoms with Crippen LogP contribution in [0.3, 0.4) is 0 Å². The van der Waals surface area contributed by atoms with Crippen molar-refractivity contribution >= 4 is 6.08 Å². The normalized spacial score (nSPS) is 39.1. The Morgan fingerprint density at radius 3 is 2.78 bits per heavy atom. The molecule has 1 aromatic rings. The molecule has 2 fully saturated rings. The molecule has 0 saturated heterocycles. The number of aryl methyl sites for hydroxylation is 1. The maximum Gasteiger partial charge on any atom is 0.123 e.